The highest BCUT2D eigenvalue weighted by atomic mass is 16.5. The first-order valence-electron chi connectivity index (χ1n) is 5.59. The van der Waals surface area contributed by atoms with Crippen LogP contribution in [0, 0.1) is 6.92 Å². The van der Waals surface area contributed by atoms with Gasteiger partial charge in [0.15, 0.2) is 0 Å². The standard InChI is InChI=1S/C13H14N2O4/c1-8-11(13(16)17)12(19-3)15(14-8)9-5-4-6-10(7-9)18-2/h4-7H,1-3H3,(H,16,17). The molecule has 0 aliphatic heterocycles. The van der Waals surface area contributed by atoms with Gasteiger partial charge in [-0.1, -0.05) is 6.07 Å². The van der Waals surface area contributed by atoms with Crippen LogP contribution in [0.4, 0.5) is 0 Å². The van der Waals surface area contributed by atoms with Crippen molar-refractivity contribution in [2.45, 2.75) is 6.92 Å². The Morgan fingerprint density at radius 2 is 2.05 bits per heavy atom. The molecule has 1 aromatic heterocycles. The number of hydrogen-bond acceptors (Lipinski definition) is 4. The number of nitrogens with zero attached hydrogens (tertiary/aromatic N) is 2. The molecule has 0 spiro atoms. The lowest BCUT2D eigenvalue weighted by atomic mass is 10.2. The SMILES string of the molecule is COc1cccc(-n2nc(C)c(C(=O)O)c2OC)c1. The first-order valence-corrected chi connectivity index (χ1v) is 5.59. The van der Waals surface area contributed by atoms with E-state index in [-0.39, 0.29) is 11.4 Å². The quantitative estimate of drug-likeness (QED) is 0.910. The third-order valence-electron chi connectivity index (χ3n) is 2.72. The van der Waals surface area contributed by atoms with E-state index in [1.54, 1.807) is 38.3 Å². The highest BCUT2D eigenvalue weighted by Gasteiger charge is 2.22. The maximum Gasteiger partial charge on any atom is 0.343 e. The molecule has 6 heteroatoms. The third kappa shape index (κ3) is 2.24. The summed E-state index contributed by atoms with van der Waals surface area (Å²) in [6, 6.07) is 7.14. The minimum atomic E-state index is -1.07. The van der Waals surface area contributed by atoms with Crippen molar-refractivity contribution in [3.63, 3.8) is 0 Å². The van der Waals surface area contributed by atoms with Gasteiger partial charge in [-0.3, -0.25) is 0 Å². The summed E-state index contributed by atoms with van der Waals surface area (Å²) in [5.41, 5.74) is 1.13. The molecule has 0 unspecified atom stereocenters. The summed E-state index contributed by atoms with van der Waals surface area (Å²) in [7, 11) is 2.98. The van der Waals surface area contributed by atoms with Crippen LogP contribution in [0.15, 0.2) is 24.3 Å². The second kappa shape index (κ2) is 5.01. The third-order valence-corrected chi connectivity index (χ3v) is 2.72. The van der Waals surface area contributed by atoms with Gasteiger partial charge in [-0.25, -0.2) is 4.79 Å². The van der Waals surface area contributed by atoms with Gasteiger partial charge in [-0.05, 0) is 19.1 Å². The zero-order valence-electron chi connectivity index (χ0n) is 10.9. The van der Waals surface area contributed by atoms with Gasteiger partial charge in [-0.15, -0.1) is 0 Å². The van der Waals surface area contributed by atoms with Crippen molar-refractivity contribution < 1.29 is 19.4 Å². The molecule has 0 aliphatic carbocycles. The van der Waals surface area contributed by atoms with Crippen LogP contribution in [0.25, 0.3) is 5.69 Å². The first-order chi connectivity index (χ1) is 9.08. The van der Waals surface area contributed by atoms with Crippen LogP contribution >= 0.6 is 0 Å². The van der Waals surface area contributed by atoms with E-state index in [9.17, 15) is 9.90 Å². The summed E-state index contributed by atoms with van der Waals surface area (Å²) >= 11 is 0. The zero-order valence-corrected chi connectivity index (χ0v) is 10.9. The molecule has 0 saturated carbocycles. The van der Waals surface area contributed by atoms with Crippen LogP contribution in [0.2, 0.25) is 0 Å². The van der Waals surface area contributed by atoms with Crippen molar-refractivity contribution in [2.75, 3.05) is 14.2 Å². The van der Waals surface area contributed by atoms with Gasteiger partial charge in [0.25, 0.3) is 0 Å². The average Bonchev–Trinajstić information content (AvgIpc) is 2.75. The van der Waals surface area contributed by atoms with Crippen molar-refractivity contribution in [1.82, 2.24) is 9.78 Å². The Kier molecular flexibility index (Phi) is 3.41. The van der Waals surface area contributed by atoms with E-state index < -0.39 is 5.97 Å². The van der Waals surface area contributed by atoms with Crippen molar-refractivity contribution in [2.24, 2.45) is 0 Å². The largest absolute Gasteiger partial charge is 0.497 e. The Morgan fingerprint density at radius 1 is 1.32 bits per heavy atom. The summed E-state index contributed by atoms with van der Waals surface area (Å²) < 4.78 is 11.7. The van der Waals surface area contributed by atoms with Gasteiger partial charge in [0, 0.05) is 6.07 Å². The van der Waals surface area contributed by atoms with E-state index in [4.69, 9.17) is 9.47 Å². The molecule has 100 valence electrons. The lowest BCUT2D eigenvalue weighted by Gasteiger charge is -2.08. The summed E-state index contributed by atoms with van der Waals surface area (Å²) in [6.45, 7) is 1.63. The molecule has 0 amide bonds. The summed E-state index contributed by atoms with van der Waals surface area (Å²) in [4.78, 5) is 11.2. The topological polar surface area (TPSA) is 73.6 Å². The van der Waals surface area contributed by atoms with Gasteiger partial charge < -0.3 is 14.6 Å². The molecule has 19 heavy (non-hydrogen) atoms. The van der Waals surface area contributed by atoms with Crippen LogP contribution in [-0.4, -0.2) is 35.1 Å². The van der Waals surface area contributed by atoms with Crippen molar-refractivity contribution in [3.8, 4) is 17.3 Å². The number of carboxylic acid groups (broad SMARTS) is 1. The second-order valence-corrected chi connectivity index (χ2v) is 3.89. The maximum absolute atomic E-state index is 11.2. The number of carbonyl (C=O) groups is 1. The lowest BCUT2D eigenvalue weighted by molar-refractivity contribution is 0.0692. The number of ether oxygens (including phenoxy) is 2. The molecule has 2 rings (SSSR count). The molecule has 0 radical (unpaired) electrons. The van der Waals surface area contributed by atoms with Crippen LogP contribution in [0.1, 0.15) is 16.1 Å². The lowest BCUT2D eigenvalue weighted by Crippen LogP contribution is -2.03. The van der Waals surface area contributed by atoms with Crippen LogP contribution < -0.4 is 9.47 Å². The number of methoxy groups -OCH3 is 2. The predicted octanol–water partition coefficient (Wildman–Crippen LogP) is 1.90. The van der Waals surface area contributed by atoms with Crippen LogP contribution in [0.5, 0.6) is 11.6 Å². The van der Waals surface area contributed by atoms with Gasteiger partial charge in [0.05, 0.1) is 25.6 Å². The Labute approximate surface area is 110 Å². The Hall–Kier alpha value is -2.50. The van der Waals surface area contributed by atoms with Gasteiger partial charge in [-0.2, -0.15) is 9.78 Å². The van der Waals surface area contributed by atoms with Gasteiger partial charge in [0.2, 0.25) is 5.88 Å². The number of benzene rings is 1. The van der Waals surface area contributed by atoms with E-state index in [1.165, 1.54) is 11.8 Å². The molecule has 0 saturated heterocycles. The smallest absolute Gasteiger partial charge is 0.343 e. The van der Waals surface area contributed by atoms with E-state index in [1.807, 2.05) is 0 Å². The molecular weight excluding hydrogens is 248 g/mol. The van der Waals surface area contributed by atoms with E-state index in [0.29, 0.717) is 17.1 Å². The van der Waals surface area contributed by atoms with E-state index in [2.05, 4.69) is 5.10 Å². The van der Waals surface area contributed by atoms with E-state index in [0.717, 1.165) is 0 Å². The fourth-order valence-electron chi connectivity index (χ4n) is 1.86. The van der Waals surface area contributed by atoms with E-state index >= 15 is 0 Å². The molecule has 0 atom stereocenters. The minimum absolute atomic E-state index is 0.0605. The fraction of sp³-hybridized carbons (Fsp3) is 0.231. The number of rotatable bonds is 4. The Bertz CT molecular complexity index is 619. The number of aryl methyl sites for hydroxylation is 1. The molecule has 0 aliphatic rings. The van der Waals surface area contributed by atoms with Crippen molar-refractivity contribution in [3.05, 3.63) is 35.5 Å². The predicted molar refractivity (Wildman–Crippen MR) is 68.4 cm³/mol. The molecule has 1 N–H and O–H groups in total. The number of hydrogen-bond donors (Lipinski definition) is 1. The normalized spacial score (nSPS) is 10.3. The maximum atomic E-state index is 11.2. The molecule has 1 heterocycles. The summed E-state index contributed by atoms with van der Waals surface area (Å²) in [5.74, 6) is -0.216. The highest BCUT2D eigenvalue weighted by molar-refractivity contribution is 5.91. The number of carboxylic acids is 1. The second-order valence-electron chi connectivity index (χ2n) is 3.89. The van der Waals surface area contributed by atoms with Crippen LogP contribution in [0.3, 0.4) is 0 Å². The molecule has 1 aromatic carbocycles. The Balaban J connectivity index is 2.62. The highest BCUT2D eigenvalue weighted by Crippen LogP contribution is 2.27. The van der Waals surface area contributed by atoms with Crippen molar-refractivity contribution in [1.29, 1.82) is 0 Å². The monoisotopic (exact) mass is 262 g/mol. The Morgan fingerprint density at radius 3 is 2.63 bits per heavy atom. The van der Waals surface area contributed by atoms with Crippen LogP contribution in [-0.2, 0) is 0 Å². The molecule has 0 bridgehead atoms. The molecule has 6 nitrogen and oxygen atoms in total. The molecule has 2 aromatic rings. The molecule has 0 fully saturated rings. The van der Waals surface area contributed by atoms with Gasteiger partial charge in [0.1, 0.15) is 11.3 Å². The van der Waals surface area contributed by atoms with Gasteiger partial charge >= 0.3 is 5.97 Å². The number of aromatic nitrogens is 2. The average molecular weight is 262 g/mol. The zero-order chi connectivity index (χ0) is 14.0. The minimum Gasteiger partial charge on any atom is -0.497 e. The summed E-state index contributed by atoms with van der Waals surface area (Å²) in [5, 5.41) is 13.4. The molecular formula is C13H14N2O4. The summed E-state index contributed by atoms with van der Waals surface area (Å²) in [6.07, 6.45) is 0. The fourth-order valence-corrected chi connectivity index (χ4v) is 1.86. The van der Waals surface area contributed by atoms with Crippen molar-refractivity contribution >= 4 is 5.97 Å². The first kappa shape index (κ1) is 12.9. The number of aromatic carboxylic acids is 1.